The van der Waals surface area contributed by atoms with Gasteiger partial charge >= 0.3 is 0 Å². The number of para-hydroxylation sites is 2. The summed E-state index contributed by atoms with van der Waals surface area (Å²) in [6.07, 6.45) is 0.591. The third-order valence-electron chi connectivity index (χ3n) is 4.66. The fourth-order valence-electron chi connectivity index (χ4n) is 3.10. The first-order valence-electron chi connectivity index (χ1n) is 8.86. The minimum absolute atomic E-state index is 0.0241. The van der Waals surface area contributed by atoms with E-state index in [4.69, 9.17) is 0 Å². The number of hydrogen-bond acceptors (Lipinski definition) is 2. The maximum Gasteiger partial charge on any atom is 0.122 e. The number of nitrogens with zero attached hydrogens (tertiary/aromatic N) is 1. The van der Waals surface area contributed by atoms with E-state index in [0.717, 1.165) is 28.0 Å². The summed E-state index contributed by atoms with van der Waals surface area (Å²) < 4.78 is 0. The first-order chi connectivity index (χ1) is 11.6. The van der Waals surface area contributed by atoms with Gasteiger partial charge in [0.15, 0.2) is 0 Å². The van der Waals surface area contributed by atoms with Gasteiger partial charge in [-0.1, -0.05) is 65.8 Å². The van der Waals surface area contributed by atoms with Crippen LogP contribution in [0, 0.1) is 0 Å². The molecule has 0 spiro atoms. The molecule has 0 atom stereocenters. The van der Waals surface area contributed by atoms with Crippen molar-refractivity contribution in [3.63, 3.8) is 0 Å². The molecule has 1 heterocycles. The fraction of sp³-hybridized carbons (Fsp3) is 0.409. The van der Waals surface area contributed by atoms with Crippen LogP contribution in [0.4, 0.5) is 0 Å². The molecule has 0 amide bonds. The monoisotopic (exact) mass is 336 g/mol. The number of imidazole rings is 1. The number of aromatic amines is 1. The minimum Gasteiger partial charge on any atom is -0.507 e. The standard InChI is InChI=1S/C22H28N2O/c1-21(2,3)15-11-14(20(25)16(13-15)22(4,5)6)12-19-23-17-9-7-8-10-18(17)24-19/h7-11,13,25H,12H2,1-6H3,(H,23,24). The average Bonchev–Trinajstić information content (AvgIpc) is 2.89. The predicted molar refractivity (Wildman–Crippen MR) is 104 cm³/mol. The third-order valence-corrected chi connectivity index (χ3v) is 4.66. The third kappa shape index (κ3) is 3.55. The van der Waals surface area contributed by atoms with E-state index >= 15 is 0 Å². The summed E-state index contributed by atoms with van der Waals surface area (Å²) in [4.78, 5) is 8.03. The Hall–Kier alpha value is -2.29. The molecule has 3 nitrogen and oxygen atoms in total. The van der Waals surface area contributed by atoms with Crippen molar-refractivity contribution in [3.05, 3.63) is 58.9 Å². The van der Waals surface area contributed by atoms with Gasteiger partial charge in [-0.25, -0.2) is 4.98 Å². The van der Waals surface area contributed by atoms with Gasteiger partial charge in [-0.05, 0) is 34.1 Å². The highest BCUT2D eigenvalue weighted by atomic mass is 16.3. The van der Waals surface area contributed by atoms with Gasteiger partial charge in [-0.2, -0.15) is 0 Å². The molecule has 2 aromatic carbocycles. The zero-order valence-electron chi connectivity index (χ0n) is 16.1. The fourth-order valence-corrected chi connectivity index (χ4v) is 3.10. The molecule has 3 rings (SSSR count). The molecule has 0 saturated carbocycles. The number of phenolic OH excluding ortho intramolecular Hbond substituents is 1. The van der Waals surface area contributed by atoms with Crippen molar-refractivity contribution in [2.75, 3.05) is 0 Å². The number of hydrogen-bond donors (Lipinski definition) is 2. The van der Waals surface area contributed by atoms with Crippen molar-refractivity contribution in [1.82, 2.24) is 9.97 Å². The number of phenols is 1. The van der Waals surface area contributed by atoms with Crippen LogP contribution in [-0.4, -0.2) is 15.1 Å². The number of H-pyrrole nitrogens is 1. The second kappa shape index (κ2) is 5.91. The van der Waals surface area contributed by atoms with Crippen LogP contribution in [-0.2, 0) is 17.3 Å². The van der Waals surface area contributed by atoms with Gasteiger partial charge in [0.05, 0.1) is 11.0 Å². The maximum atomic E-state index is 10.9. The largest absolute Gasteiger partial charge is 0.507 e. The lowest BCUT2D eigenvalue weighted by Crippen LogP contribution is -2.17. The molecule has 1 aromatic heterocycles. The molecule has 0 aliphatic rings. The van der Waals surface area contributed by atoms with Gasteiger partial charge < -0.3 is 10.1 Å². The Balaban J connectivity index is 2.10. The van der Waals surface area contributed by atoms with E-state index in [2.05, 4.69) is 63.6 Å². The Morgan fingerprint density at radius 3 is 2.24 bits per heavy atom. The van der Waals surface area contributed by atoms with Crippen molar-refractivity contribution in [1.29, 1.82) is 0 Å². The zero-order valence-corrected chi connectivity index (χ0v) is 16.1. The molecule has 0 fully saturated rings. The molecule has 0 unspecified atom stereocenters. The molecule has 0 saturated heterocycles. The summed E-state index contributed by atoms with van der Waals surface area (Å²) in [7, 11) is 0. The number of benzene rings is 2. The molecule has 3 aromatic rings. The van der Waals surface area contributed by atoms with Gasteiger partial charge in [0.2, 0.25) is 0 Å². The van der Waals surface area contributed by atoms with Crippen LogP contribution in [0.15, 0.2) is 36.4 Å². The van der Waals surface area contributed by atoms with Crippen LogP contribution in [0.1, 0.15) is 64.1 Å². The van der Waals surface area contributed by atoms with Crippen LogP contribution in [0.2, 0.25) is 0 Å². The quantitative estimate of drug-likeness (QED) is 0.653. The lowest BCUT2D eigenvalue weighted by molar-refractivity contribution is 0.439. The van der Waals surface area contributed by atoms with Gasteiger partial charge in [0, 0.05) is 12.0 Å². The van der Waals surface area contributed by atoms with E-state index < -0.39 is 0 Å². The lowest BCUT2D eigenvalue weighted by Gasteiger charge is -2.27. The van der Waals surface area contributed by atoms with Crippen molar-refractivity contribution in [3.8, 4) is 5.75 Å². The maximum absolute atomic E-state index is 10.9. The number of aromatic hydroxyl groups is 1. The summed E-state index contributed by atoms with van der Waals surface area (Å²) in [5, 5.41) is 10.9. The second-order valence-corrected chi connectivity index (χ2v) is 8.91. The van der Waals surface area contributed by atoms with Crippen LogP contribution in [0.3, 0.4) is 0 Å². The number of rotatable bonds is 2. The minimum atomic E-state index is -0.117. The Labute approximate surface area is 150 Å². The van der Waals surface area contributed by atoms with Gasteiger partial charge in [-0.15, -0.1) is 0 Å². The van der Waals surface area contributed by atoms with Gasteiger partial charge in [0.25, 0.3) is 0 Å². The second-order valence-electron chi connectivity index (χ2n) is 8.91. The molecular formula is C22H28N2O. The summed E-state index contributed by atoms with van der Waals surface area (Å²) in [5.41, 5.74) is 5.05. The first-order valence-corrected chi connectivity index (χ1v) is 8.86. The Morgan fingerprint density at radius 2 is 1.64 bits per heavy atom. The molecule has 25 heavy (non-hydrogen) atoms. The van der Waals surface area contributed by atoms with Crippen molar-refractivity contribution in [2.45, 2.75) is 58.8 Å². The van der Waals surface area contributed by atoms with Crippen molar-refractivity contribution >= 4 is 11.0 Å². The highest BCUT2D eigenvalue weighted by molar-refractivity contribution is 5.74. The molecule has 0 radical (unpaired) electrons. The van der Waals surface area contributed by atoms with Crippen LogP contribution < -0.4 is 0 Å². The summed E-state index contributed by atoms with van der Waals surface area (Å²) in [5.74, 6) is 1.27. The highest BCUT2D eigenvalue weighted by Crippen LogP contribution is 2.38. The van der Waals surface area contributed by atoms with Crippen LogP contribution >= 0.6 is 0 Å². The smallest absolute Gasteiger partial charge is 0.122 e. The normalized spacial score (nSPS) is 12.7. The van der Waals surface area contributed by atoms with E-state index in [1.54, 1.807) is 0 Å². The van der Waals surface area contributed by atoms with E-state index in [1.165, 1.54) is 5.56 Å². The Bertz CT molecular complexity index is 875. The number of aromatic nitrogens is 2. The Morgan fingerprint density at radius 1 is 0.960 bits per heavy atom. The molecule has 2 N–H and O–H groups in total. The van der Waals surface area contributed by atoms with Crippen LogP contribution in [0.5, 0.6) is 5.75 Å². The van der Waals surface area contributed by atoms with Crippen molar-refractivity contribution < 1.29 is 5.11 Å². The lowest BCUT2D eigenvalue weighted by atomic mass is 9.78. The first kappa shape index (κ1) is 17.5. The SMILES string of the molecule is CC(C)(C)c1cc(Cc2nc3ccccc3[nH]2)c(O)c(C(C)(C)C)c1. The molecule has 0 aliphatic heterocycles. The highest BCUT2D eigenvalue weighted by Gasteiger charge is 2.25. The predicted octanol–water partition coefficient (Wildman–Crippen LogP) is 5.45. The topological polar surface area (TPSA) is 48.9 Å². The Kier molecular flexibility index (Phi) is 4.14. The van der Waals surface area contributed by atoms with E-state index in [1.807, 2.05) is 24.3 Å². The van der Waals surface area contributed by atoms with E-state index in [-0.39, 0.29) is 10.8 Å². The molecule has 132 valence electrons. The molecule has 0 aliphatic carbocycles. The molecular weight excluding hydrogens is 308 g/mol. The van der Waals surface area contributed by atoms with E-state index in [9.17, 15) is 5.11 Å². The van der Waals surface area contributed by atoms with Gasteiger partial charge in [0.1, 0.15) is 11.6 Å². The van der Waals surface area contributed by atoms with Crippen LogP contribution in [0.25, 0.3) is 11.0 Å². The van der Waals surface area contributed by atoms with Gasteiger partial charge in [-0.3, -0.25) is 0 Å². The summed E-state index contributed by atoms with van der Waals surface area (Å²) in [6.45, 7) is 13.0. The van der Waals surface area contributed by atoms with E-state index in [0.29, 0.717) is 12.2 Å². The summed E-state index contributed by atoms with van der Waals surface area (Å²) in [6, 6.07) is 12.3. The molecule has 0 bridgehead atoms. The zero-order chi connectivity index (χ0) is 18.4. The number of fused-ring (bicyclic) bond motifs is 1. The number of nitrogens with one attached hydrogen (secondary N) is 1. The van der Waals surface area contributed by atoms with Crippen molar-refractivity contribution in [2.24, 2.45) is 0 Å². The molecule has 3 heteroatoms. The average molecular weight is 336 g/mol. The summed E-state index contributed by atoms with van der Waals surface area (Å²) >= 11 is 0.